The van der Waals surface area contributed by atoms with Gasteiger partial charge in [0.05, 0.1) is 15.8 Å². The van der Waals surface area contributed by atoms with Crippen LogP contribution in [0.2, 0.25) is 0 Å². The number of pyridine rings is 1. The minimum Gasteiger partial charge on any atom is -0.385 e. The third-order valence-corrected chi connectivity index (χ3v) is 10.6. The topological polar surface area (TPSA) is 120 Å². The first kappa shape index (κ1) is 35.9. The van der Waals surface area contributed by atoms with Crippen LogP contribution in [0.1, 0.15) is 53.6 Å². The molecule has 0 saturated carbocycles. The van der Waals surface area contributed by atoms with Crippen LogP contribution in [0.25, 0.3) is 31.9 Å². The number of rotatable bonds is 12. The fourth-order valence-corrected chi connectivity index (χ4v) is 7.74. The summed E-state index contributed by atoms with van der Waals surface area (Å²) in [4.78, 5) is 49.0. The number of fused-ring (bicyclic) bond motifs is 2. The summed E-state index contributed by atoms with van der Waals surface area (Å²) in [5, 5.41) is 9.48. The molecule has 0 aliphatic carbocycles. The maximum atomic E-state index is 14.3. The Balaban J connectivity index is 0.905. The van der Waals surface area contributed by atoms with E-state index in [4.69, 9.17) is 0 Å². The molecule has 0 bridgehead atoms. The summed E-state index contributed by atoms with van der Waals surface area (Å²) in [5.41, 5.74) is 4.21. The Morgan fingerprint density at radius 3 is 2.30 bits per heavy atom. The molecule has 2 aliphatic heterocycles. The number of carbonyl (C=O) groups excluding carboxylic acids is 3. The summed E-state index contributed by atoms with van der Waals surface area (Å²) in [6, 6.07) is 18.5. The molecule has 3 amide bonds. The van der Waals surface area contributed by atoms with E-state index in [9.17, 15) is 27.6 Å². The molecule has 1 atom stereocenters. The zero-order chi connectivity index (χ0) is 37.3. The van der Waals surface area contributed by atoms with Gasteiger partial charge in [-0.05, 0) is 91.4 Å². The summed E-state index contributed by atoms with van der Waals surface area (Å²) < 4.78 is 43.7. The molecule has 3 aromatic carbocycles. The van der Waals surface area contributed by atoms with E-state index in [1.807, 2.05) is 49.3 Å². The van der Waals surface area contributed by atoms with Crippen molar-refractivity contribution in [3.05, 3.63) is 89.6 Å². The van der Waals surface area contributed by atoms with Crippen molar-refractivity contribution in [3.63, 3.8) is 0 Å². The van der Waals surface area contributed by atoms with Crippen molar-refractivity contribution in [3.8, 4) is 21.7 Å². The van der Waals surface area contributed by atoms with Gasteiger partial charge in [0.1, 0.15) is 16.9 Å². The lowest BCUT2D eigenvalue weighted by Crippen LogP contribution is -2.52. The molecule has 2 aliphatic rings. The zero-order valence-electron chi connectivity index (χ0n) is 29.2. The lowest BCUT2D eigenvalue weighted by atomic mass is 10.00. The average Bonchev–Trinajstić information content (AvgIpc) is 3.70. The van der Waals surface area contributed by atoms with Gasteiger partial charge < -0.3 is 20.4 Å². The summed E-state index contributed by atoms with van der Waals surface area (Å²) >= 11 is 1.24. The maximum absolute atomic E-state index is 14.3. The van der Waals surface area contributed by atoms with Crippen LogP contribution < -0.4 is 20.9 Å². The van der Waals surface area contributed by atoms with E-state index in [0.29, 0.717) is 40.2 Å². The molecule has 274 valence electrons. The van der Waals surface area contributed by atoms with Crippen LogP contribution in [0.4, 0.5) is 30.4 Å². The van der Waals surface area contributed by atoms with Gasteiger partial charge in [0.25, 0.3) is 5.91 Å². The number of piperidine rings is 1. The number of hydrogen-bond acceptors (Lipinski definition) is 9. The lowest BCUT2D eigenvalue weighted by Gasteiger charge is -2.29. The first-order valence-corrected chi connectivity index (χ1v) is 18.3. The minimum absolute atomic E-state index is 0.0472. The molecular weight excluding hydrogens is 704 g/mol. The minimum atomic E-state index is -4.56. The molecule has 1 fully saturated rings. The molecule has 5 aromatic rings. The lowest BCUT2D eigenvalue weighted by molar-refractivity contribution is -0.138. The smallest absolute Gasteiger partial charge is 0.385 e. The predicted octanol–water partition coefficient (Wildman–Crippen LogP) is 7.57. The first-order chi connectivity index (χ1) is 25.4. The Hall–Kier alpha value is -5.50. The van der Waals surface area contributed by atoms with E-state index in [1.165, 1.54) is 23.5 Å². The van der Waals surface area contributed by atoms with E-state index in [0.717, 1.165) is 59.8 Å². The molecule has 3 N–H and O–H groups in total. The van der Waals surface area contributed by atoms with Gasteiger partial charge in [-0.15, -0.1) is 11.3 Å². The van der Waals surface area contributed by atoms with Crippen LogP contribution in [0, 0.1) is 0 Å². The van der Waals surface area contributed by atoms with Crippen molar-refractivity contribution >= 4 is 56.5 Å². The van der Waals surface area contributed by atoms with E-state index >= 15 is 0 Å². The summed E-state index contributed by atoms with van der Waals surface area (Å²) in [6.07, 6.45) is 0.378. The Kier molecular flexibility index (Phi) is 10.1. The monoisotopic (exact) mass is 741 g/mol. The Labute approximate surface area is 308 Å². The molecule has 0 spiro atoms. The highest BCUT2D eigenvalue weighted by molar-refractivity contribution is 7.21. The standard InChI is InChI=1S/C39H38F3N7O3S/c1-48(2)34-14-7-24(21-45-34)23-6-10-29(30(19-23)39(40,41)42)37-46-31-12-9-27(20-33(31)53-37)44-17-5-3-4-16-43-26-8-11-28-25(18-26)22-49(38(28)52)32-13-15-35(50)47-36(32)51/h6-12,14,18-21,32,43-44H,3-5,13,15-17,22H2,1-2H3,(H,47,50,51). The number of aromatic nitrogens is 2. The van der Waals surface area contributed by atoms with E-state index in [-0.39, 0.29) is 23.8 Å². The Bertz CT molecular complexity index is 2190. The van der Waals surface area contributed by atoms with Crippen molar-refractivity contribution < 1.29 is 27.6 Å². The number of alkyl halides is 3. The van der Waals surface area contributed by atoms with Crippen molar-refractivity contribution in [2.24, 2.45) is 0 Å². The zero-order valence-corrected chi connectivity index (χ0v) is 30.0. The van der Waals surface area contributed by atoms with Gasteiger partial charge in [-0.3, -0.25) is 19.7 Å². The summed E-state index contributed by atoms with van der Waals surface area (Å²) in [7, 11) is 3.70. The molecule has 14 heteroatoms. The highest BCUT2D eigenvalue weighted by Gasteiger charge is 2.39. The van der Waals surface area contributed by atoms with Gasteiger partial charge in [0.15, 0.2) is 0 Å². The largest absolute Gasteiger partial charge is 0.417 e. The molecule has 2 aromatic heterocycles. The Morgan fingerprint density at radius 1 is 0.887 bits per heavy atom. The quantitative estimate of drug-likeness (QED) is 0.0886. The summed E-state index contributed by atoms with van der Waals surface area (Å²) in [6.45, 7) is 1.82. The second-order valence-electron chi connectivity index (χ2n) is 13.4. The number of thiazole rings is 1. The van der Waals surface area contributed by atoms with E-state index < -0.39 is 23.7 Å². The number of amides is 3. The van der Waals surface area contributed by atoms with Crippen molar-refractivity contribution in [1.29, 1.82) is 0 Å². The van der Waals surface area contributed by atoms with Crippen molar-refractivity contribution in [2.75, 3.05) is 42.7 Å². The van der Waals surface area contributed by atoms with Crippen LogP contribution in [-0.2, 0) is 22.3 Å². The fraction of sp³-hybridized carbons (Fsp3) is 0.308. The molecule has 10 nitrogen and oxygen atoms in total. The normalized spacial score (nSPS) is 15.8. The number of nitrogens with one attached hydrogen (secondary N) is 3. The molecule has 53 heavy (non-hydrogen) atoms. The average molecular weight is 742 g/mol. The van der Waals surface area contributed by atoms with Crippen LogP contribution in [0.15, 0.2) is 72.9 Å². The van der Waals surface area contributed by atoms with Gasteiger partial charge in [0, 0.05) is 74.4 Å². The third kappa shape index (κ3) is 7.82. The molecule has 1 saturated heterocycles. The van der Waals surface area contributed by atoms with Gasteiger partial charge >= 0.3 is 6.18 Å². The molecule has 7 rings (SSSR count). The van der Waals surface area contributed by atoms with Gasteiger partial charge in [0.2, 0.25) is 11.8 Å². The summed E-state index contributed by atoms with van der Waals surface area (Å²) in [5.74, 6) is -0.202. The van der Waals surface area contributed by atoms with Gasteiger partial charge in [-0.25, -0.2) is 9.97 Å². The molecule has 4 heterocycles. The molecule has 0 radical (unpaired) electrons. The van der Waals surface area contributed by atoms with Gasteiger partial charge in [-0.1, -0.05) is 12.1 Å². The number of carbonyl (C=O) groups is 3. The van der Waals surface area contributed by atoms with E-state index in [1.54, 1.807) is 35.4 Å². The number of anilines is 3. The first-order valence-electron chi connectivity index (χ1n) is 17.5. The van der Waals surface area contributed by atoms with E-state index in [2.05, 4.69) is 25.9 Å². The van der Waals surface area contributed by atoms with Crippen LogP contribution >= 0.6 is 11.3 Å². The number of benzene rings is 3. The maximum Gasteiger partial charge on any atom is 0.417 e. The number of imide groups is 1. The molecule has 1 unspecified atom stereocenters. The Morgan fingerprint density at radius 2 is 1.60 bits per heavy atom. The SMILES string of the molecule is CN(C)c1ccc(-c2ccc(-c3nc4ccc(NCCCCCNc5ccc6c(c5)CN(C5CCC(=O)NC5=O)C6=O)cc4s3)c(C(F)(F)F)c2)cn1. The fourth-order valence-electron chi connectivity index (χ4n) is 6.69. The number of unbranched alkanes of at least 4 members (excludes halogenated alkanes) is 2. The van der Waals surface area contributed by atoms with Crippen molar-refractivity contribution in [1.82, 2.24) is 20.2 Å². The number of nitrogens with zero attached hydrogens (tertiary/aromatic N) is 4. The van der Waals surface area contributed by atoms with Crippen LogP contribution in [0.5, 0.6) is 0 Å². The highest BCUT2D eigenvalue weighted by atomic mass is 32.1. The predicted molar refractivity (Wildman–Crippen MR) is 201 cm³/mol. The van der Waals surface area contributed by atoms with Crippen LogP contribution in [0.3, 0.4) is 0 Å². The second kappa shape index (κ2) is 14.9. The third-order valence-electron chi connectivity index (χ3n) is 9.52. The van der Waals surface area contributed by atoms with Crippen LogP contribution in [-0.4, -0.2) is 65.8 Å². The highest BCUT2D eigenvalue weighted by Crippen LogP contribution is 2.42. The number of hydrogen-bond donors (Lipinski definition) is 3. The van der Waals surface area contributed by atoms with Gasteiger partial charge in [-0.2, -0.15) is 13.2 Å². The molecular formula is C39H38F3N7O3S. The number of halogens is 3. The van der Waals surface area contributed by atoms with Crippen molar-refractivity contribution in [2.45, 2.75) is 50.9 Å². The second-order valence-corrected chi connectivity index (χ2v) is 14.5.